The number of amides is 1. The van der Waals surface area contributed by atoms with Gasteiger partial charge < -0.3 is 25.2 Å². The molecule has 39 heavy (non-hydrogen) atoms. The molecule has 3 rings (SSSR count). The number of anilines is 2. The number of carbonyl (C=O) groups excluding carboxylic acids is 1. The lowest BCUT2D eigenvalue weighted by molar-refractivity contribution is -0.122. The highest BCUT2D eigenvalue weighted by atomic mass is 32.2. The van der Waals surface area contributed by atoms with Crippen LogP contribution in [0.3, 0.4) is 0 Å². The highest BCUT2D eigenvalue weighted by molar-refractivity contribution is 7.92. The van der Waals surface area contributed by atoms with E-state index in [9.17, 15) is 23.4 Å². The van der Waals surface area contributed by atoms with Gasteiger partial charge in [0.1, 0.15) is 17.0 Å². The van der Waals surface area contributed by atoms with Gasteiger partial charge in [0.15, 0.2) is 0 Å². The number of methoxy groups -OCH3 is 1. The molecule has 0 radical (unpaired) electrons. The predicted octanol–water partition coefficient (Wildman–Crippen LogP) is 3.01. The molecule has 210 valence electrons. The molecule has 0 saturated carbocycles. The fourth-order valence-corrected chi connectivity index (χ4v) is 4.63. The molecular formula is C28H36N4O6S. The minimum atomic E-state index is -3.64. The van der Waals surface area contributed by atoms with Crippen LogP contribution in [0.2, 0.25) is 0 Å². The molecule has 5 N–H and O–H groups in total. The molecule has 0 aromatic heterocycles. The molecule has 1 amide bonds. The Labute approximate surface area is 229 Å². The smallest absolute Gasteiger partial charge is 0.249 e. The van der Waals surface area contributed by atoms with Crippen LogP contribution in [0.5, 0.6) is 11.5 Å². The van der Waals surface area contributed by atoms with Crippen molar-refractivity contribution in [3.63, 3.8) is 0 Å². The van der Waals surface area contributed by atoms with Gasteiger partial charge in [0, 0.05) is 18.8 Å². The first kappa shape index (κ1) is 29.9. The molecule has 10 nitrogen and oxygen atoms in total. The number of nitrogens with zero attached hydrogens (tertiary/aromatic N) is 1. The van der Waals surface area contributed by atoms with Gasteiger partial charge in [-0.1, -0.05) is 30.3 Å². The molecular weight excluding hydrogens is 520 g/mol. The summed E-state index contributed by atoms with van der Waals surface area (Å²) in [7, 11) is 1.85. The number of rotatable bonds is 12. The first-order chi connectivity index (χ1) is 18.3. The average Bonchev–Trinajstić information content (AvgIpc) is 2.87. The van der Waals surface area contributed by atoms with Gasteiger partial charge >= 0.3 is 0 Å². The van der Waals surface area contributed by atoms with Crippen molar-refractivity contribution in [3.8, 4) is 11.5 Å². The molecule has 0 aliphatic rings. The first-order valence-corrected chi connectivity index (χ1v) is 14.1. The molecule has 0 aliphatic heterocycles. The summed E-state index contributed by atoms with van der Waals surface area (Å²) < 4.78 is 30.8. The molecule has 0 aliphatic carbocycles. The summed E-state index contributed by atoms with van der Waals surface area (Å²) in [5.41, 5.74) is 1.34. The second kappa shape index (κ2) is 12.5. The maximum Gasteiger partial charge on any atom is 0.249 e. The summed E-state index contributed by atoms with van der Waals surface area (Å²) in [5, 5.41) is 27.1. The number of sulfonamides is 1. The van der Waals surface area contributed by atoms with E-state index in [1.807, 2.05) is 43.3 Å². The predicted molar refractivity (Wildman–Crippen MR) is 152 cm³/mol. The maximum atomic E-state index is 13.7. The lowest BCUT2D eigenvalue weighted by atomic mass is 9.90. The quantitative estimate of drug-likeness (QED) is 0.215. The van der Waals surface area contributed by atoms with E-state index in [0.29, 0.717) is 29.1 Å². The lowest BCUT2D eigenvalue weighted by Gasteiger charge is -2.31. The Morgan fingerprint density at radius 3 is 2.38 bits per heavy atom. The zero-order valence-electron chi connectivity index (χ0n) is 22.7. The van der Waals surface area contributed by atoms with Crippen molar-refractivity contribution in [1.82, 2.24) is 10.2 Å². The molecule has 0 saturated heterocycles. The van der Waals surface area contributed by atoms with Crippen molar-refractivity contribution in [1.29, 1.82) is 0 Å². The Morgan fingerprint density at radius 2 is 1.77 bits per heavy atom. The van der Waals surface area contributed by atoms with Crippen LogP contribution in [0, 0.1) is 0 Å². The van der Waals surface area contributed by atoms with Gasteiger partial charge in [0.2, 0.25) is 15.9 Å². The molecule has 0 heterocycles. The van der Waals surface area contributed by atoms with Gasteiger partial charge in [-0.2, -0.15) is 0 Å². The summed E-state index contributed by atoms with van der Waals surface area (Å²) >= 11 is 0. The SMILES string of the molecule is COc1ccc([C@](C)(NC[C@H](O)c2ccc(O)c(NS(C)(=O)=O)c2)C(=O)Nc2cccc(CN(C)C)c2)cc1. The normalized spacial score (nSPS) is 13.9. The number of phenols is 1. The molecule has 0 spiro atoms. The van der Waals surface area contributed by atoms with Crippen LogP contribution in [0.25, 0.3) is 0 Å². The fourth-order valence-electron chi connectivity index (χ4n) is 4.07. The Hall–Kier alpha value is -3.64. The number of ether oxygens (including phenoxy) is 1. The number of hydrogen-bond donors (Lipinski definition) is 5. The highest BCUT2D eigenvalue weighted by Crippen LogP contribution is 2.30. The van der Waals surface area contributed by atoms with Gasteiger partial charge in [-0.15, -0.1) is 0 Å². The maximum absolute atomic E-state index is 13.7. The van der Waals surface area contributed by atoms with E-state index in [2.05, 4.69) is 15.4 Å². The van der Waals surface area contributed by atoms with Crippen LogP contribution in [-0.4, -0.2) is 63.4 Å². The van der Waals surface area contributed by atoms with Gasteiger partial charge in [0.25, 0.3) is 0 Å². The van der Waals surface area contributed by atoms with Crippen molar-refractivity contribution in [2.24, 2.45) is 0 Å². The summed E-state index contributed by atoms with van der Waals surface area (Å²) in [4.78, 5) is 15.8. The van der Waals surface area contributed by atoms with Crippen LogP contribution < -0.4 is 20.1 Å². The number of benzene rings is 3. The monoisotopic (exact) mass is 556 g/mol. The minimum absolute atomic E-state index is 0.0534. The molecule has 11 heteroatoms. The second-order valence-electron chi connectivity index (χ2n) is 9.79. The number of nitrogens with one attached hydrogen (secondary N) is 3. The minimum Gasteiger partial charge on any atom is -0.506 e. The van der Waals surface area contributed by atoms with Gasteiger partial charge in [-0.25, -0.2) is 8.42 Å². The second-order valence-corrected chi connectivity index (χ2v) is 11.5. The Morgan fingerprint density at radius 1 is 1.08 bits per heavy atom. The lowest BCUT2D eigenvalue weighted by Crippen LogP contribution is -2.51. The zero-order chi connectivity index (χ0) is 28.8. The Kier molecular flexibility index (Phi) is 9.57. The van der Waals surface area contributed by atoms with Gasteiger partial charge in [-0.05, 0) is 74.1 Å². The molecule has 3 aromatic carbocycles. The average molecular weight is 557 g/mol. The molecule has 0 unspecified atom stereocenters. The largest absolute Gasteiger partial charge is 0.506 e. The molecule has 0 bridgehead atoms. The molecule has 0 fully saturated rings. The summed E-state index contributed by atoms with van der Waals surface area (Å²) in [6.07, 6.45) is -0.161. The van der Waals surface area contributed by atoms with Crippen molar-refractivity contribution in [2.45, 2.75) is 25.1 Å². The molecule has 3 aromatic rings. The van der Waals surface area contributed by atoms with E-state index in [1.54, 1.807) is 38.3 Å². The van der Waals surface area contributed by atoms with E-state index in [1.165, 1.54) is 18.2 Å². The zero-order valence-corrected chi connectivity index (χ0v) is 23.5. The third-order valence-corrected chi connectivity index (χ3v) is 6.75. The number of aromatic hydroxyl groups is 1. The third kappa shape index (κ3) is 8.17. The summed E-state index contributed by atoms with van der Waals surface area (Å²) in [6.45, 7) is 2.38. The van der Waals surface area contributed by atoms with Crippen LogP contribution in [0.4, 0.5) is 11.4 Å². The summed E-state index contributed by atoms with van der Waals surface area (Å²) in [5.74, 6) is 0.0169. The summed E-state index contributed by atoms with van der Waals surface area (Å²) in [6, 6.07) is 18.8. The van der Waals surface area contributed by atoms with Crippen molar-refractivity contribution < 1.29 is 28.2 Å². The van der Waals surface area contributed by atoms with E-state index in [-0.39, 0.29) is 23.9 Å². The van der Waals surface area contributed by atoms with E-state index < -0.39 is 21.7 Å². The third-order valence-electron chi connectivity index (χ3n) is 6.15. The van der Waals surface area contributed by atoms with Gasteiger partial charge in [0.05, 0.1) is 25.2 Å². The van der Waals surface area contributed by atoms with E-state index in [0.717, 1.165) is 11.8 Å². The highest BCUT2D eigenvalue weighted by Gasteiger charge is 2.36. The van der Waals surface area contributed by atoms with E-state index in [4.69, 9.17) is 4.74 Å². The Bertz CT molecular complexity index is 1400. The molecule has 2 atom stereocenters. The van der Waals surface area contributed by atoms with Crippen molar-refractivity contribution in [2.75, 3.05) is 44.0 Å². The topological polar surface area (TPSA) is 140 Å². The van der Waals surface area contributed by atoms with Crippen LogP contribution in [-0.2, 0) is 26.9 Å². The first-order valence-electron chi connectivity index (χ1n) is 12.2. The van der Waals surface area contributed by atoms with Crippen LogP contribution >= 0.6 is 0 Å². The number of carbonyl (C=O) groups is 1. The van der Waals surface area contributed by atoms with Crippen molar-refractivity contribution in [3.05, 3.63) is 83.4 Å². The van der Waals surface area contributed by atoms with Crippen LogP contribution in [0.15, 0.2) is 66.7 Å². The van der Waals surface area contributed by atoms with Crippen molar-refractivity contribution >= 4 is 27.3 Å². The number of hydrogen-bond acceptors (Lipinski definition) is 8. The Balaban J connectivity index is 1.87. The van der Waals surface area contributed by atoms with Crippen LogP contribution in [0.1, 0.15) is 29.7 Å². The fraction of sp³-hybridized carbons (Fsp3) is 0.321. The van der Waals surface area contributed by atoms with Gasteiger partial charge in [-0.3, -0.25) is 14.8 Å². The number of aliphatic hydroxyl groups excluding tert-OH is 1. The standard InChI is InChI=1S/C28H36N4O6S/c1-28(21-10-12-23(38-4)13-11-21,27(35)30-22-8-6-7-19(15-22)18-32(2)3)29-17-26(34)20-9-14-25(33)24(16-20)31-39(5,36)37/h6-16,26,29,31,33-34H,17-18H2,1-5H3,(H,30,35)/t26-,28-/m0/s1. The van der Waals surface area contributed by atoms with E-state index >= 15 is 0 Å². The number of aliphatic hydroxyl groups is 1. The number of phenolic OH excluding ortho intramolecular Hbond substituents is 1.